The van der Waals surface area contributed by atoms with Gasteiger partial charge >= 0.3 is 39.5 Å². The first-order valence-corrected chi connectivity index (χ1v) is 44.1. The molecule has 0 heterocycles. The van der Waals surface area contributed by atoms with Crippen LogP contribution in [-0.4, -0.2) is 96.7 Å². The first-order valence-electron chi connectivity index (χ1n) is 41.1. The maximum absolute atomic E-state index is 13.1. The smallest absolute Gasteiger partial charge is 0.462 e. The summed E-state index contributed by atoms with van der Waals surface area (Å²) in [5.41, 5.74) is 0. The van der Waals surface area contributed by atoms with Gasteiger partial charge in [0.05, 0.1) is 26.4 Å². The van der Waals surface area contributed by atoms with E-state index in [0.717, 1.165) is 180 Å². The fourth-order valence-electron chi connectivity index (χ4n) is 10.5. The van der Waals surface area contributed by atoms with E-state index >= 15 is 0 Å². The van der Waals surface area contributed by atoms with E-state index in [1.54, 1.807) is 0 Å². The van der Waals surface area contributed by atoms with Gasteiger partial charge in [-0.25, -0.2) is 9.13 Å². The number of hydrogen-bond donors (Lipinski definition) is 3. The summed E-state index contributed by atoms with van der Waals surface area (Å²) in [5.74, 6) is -2.31. The average Bonchev–Trinajstić information content (AvgIpc) is 0.902. The van der Waals surface area contributed by atoms with Gasteiger partial charge in [0.25, 0.3) is 0 Å². The molecule has 2 unspecified atom stereocenters. The van der Waals surface area contributed by atoms with E-state index < -0.39 is 97.5 Å². The minimum atomic E-state index is -5.00. The zero-order chi connectivity index (χ0) is 77.4. The van der Waals surface area contributed by atoms with E-state index in [9.17, 15) is 43.2 Å². The first-order chi connectivity index (χ1) is 51.7. The summed E-state index contributed by atoms with van der Waals surface area (Å²) in [6.07, 6.45) is 89.7. The van der Waals surface area contributed by atoms with Gasteiger partial charge in [-0.2, -0.15) is 0 Å². The summed E-state index contributed by atoms with van der Waals surface area (Å²) < 4.78 is 68.6. The van der Waals surface area contributed by atoms with Gasteiger partial charge in [-0.3, -0.25) is 37.3 Å². The van der Waals surface area contributed by atoms with Gasteiger partial charge < -0.3 is 33.8 Å². The largest absolute Gasteiger partial charge is 0.472 e. The normalized spacial score (nSPS) is 14.6. The van der Waals surface area contributed by atoms with Crippen LogP contribution in [-0.2, 0) is 65.4 Å². The number of aliphatic hydroxyl groups excluding tert-OH is 1. The number of carbonyl (C=O) groups excluding carboxylic acids is 4. The highest BCUT2D eigenvalue weighted by Crippen LogP contribution is 2.45. The molecule has 0 amide bonds. The Hall–Kier alpha value is -5.06. The van der Waals surface area contributed by atoms with Crippen molar-refractivity contribution in [3.8, 4) is 0 Å². The highest BCUT2D eigenvalue weighted by atomic mass is 31.2. The third-order valence-electron chi connectivity index (χ3n) is 16.8. The second-order valence-corrected chi connectivity index (χ2v) is 29.9. The van der Waals surface area contributed by atoms with E-state index in [1.807, 2.05) is 18.2 Å². The van der Waals surface area contributed by atoms with Crippen molar-refractivity contribution < 1.29 is 80.2 Å². The molecule has 0 aliphatic heterocycles. The Morgan fingerprint density at radius 2 is 0.509 bits per heavy atom. The molecule has 19 heteroatoms. The van der Waals surface area contributed by atoms with Crippen molar-refractivity contribution in [1.82, 2.24) is 0 Å². The molecule has 0 radical (unpaired) electrons. The second-order valence-electron chi connectivity index (χ2n) is 27.0. The number of unbranched alkanes of at least 4 members (excludes halogenated alkanes) is 26. The van der Waals surface area contributed by atoms with Gasteiger partial charge in [0, 0.05) is 25.7 Å². The topological polar surface area (TPSA) is 237 Å². The summed E-state index contributed by atoms with van der Waals surface area (Å²) in [4.78, 5) is 73.1. The Labute approximate surface area is 643 Å². The third kappa shape index (κ3) is 77.1. The molecule has 0 aromatic carbocycles. The van der Waals surface area contributed by atoms with E-state index in [2.05, 4.69) is 155 Å². The zero-order valence-electron chi connectivity index (χ0n) is 66.3. The molecule has 0 aromatic rings. The Kier molecular flexibility index (Phi) is 74.3. The molecule has 5 atom stereocenters. The molecule has 606 valence electrons. The SMILES string of the molecule is CC/C=C\C/C=C\C/C=C\C/C=C\C/C=C\C/C=C\CCC(=O)OC[C@H](COP(=O)(O)OC[C@H](O)COP(=O)(O)OC[C@@H](COC(=O)CCCCCCC/C=C\C/C=C\CCCCC)OC(=O)CCCCCCC/C=C\C/C=C\CCCCC)OC(=O)CCCCCCCCC/C=C\C/C=C\CCCCC. The van der Waals surface area contributed by atoms with Gasteiger partial charge in [0.2, 0.25) is 0 Å². The van der Waals surface area contributed by atoms with Crippen LogP contribution in [0.2, 0.25) is 0 Å². The summed E-state index contributed by atoms with van der Waals surface area (Å²) in [7, 11) is -10.00. The van der Waals surface area contributed by atoms with Crippen molar-refractivity contribution in [2.75, 3.05) is 39.6 Å². The van der Waals surface area contributed by atoms with Crippen molar-refractivity contribution in [2.24, 2.45) is 0 Å². The van der Waals surface area contributed by atoms with Crippen molar-refractivity contribution in [3.63, 3.8) is 0 Å². The number of phosphoric ester groups is 2. The van der Waals surface area contributed by atoms with Gasteiger partial charge in [0.1, 0.15) is 19.3 Å². The van der Waals surface area contributed by atoms with Gasteiger partial charge in [-0.05, 0) is 161 Å². The Bertz CT molecular complexity index is 2580. The molecule has 0 bridgehead atoms. The molecule has 0 saturated heterocycles. The predicted molar refractivity (Wildman–Crippen MR) is 436 cm³/mol. The van der Waals surface area contributed by atoms with Crippen LogP contribution >= 0.6 is 15.6 Å². The molecular weight excluding hydrogens is 1380 g/mol. The van der Waals surface area contributed by atoms with Crippen LogP contribution in [0, 0.1) is 0 Å². The lowest BCUT2D eigenvalue weighted by Crippen LogP contribution is -2.30. The first kappa shape index (κ1) is 101. The van der Waals surface area contributed by atoms with Crippen LogP contribution in [0.15, 0.2) is 146 Å². The molecule has 0 aliphatic rings. The number of aliphatic hydroxyl groups is 1. The third-order valence-corrected chi connectivity index (χ3v) is 18.7. The number of hydrogen-bond acceptors (Lipinski definition) is 15. The molecule has 0 aromatic heterocycles. The number of ether oxygens (including phenoxy) is 4. The predicted octanol–water partition coefficient (Wildman–Crippen LogP) is 24.2. The van der Waals surface area contributed by atoms with Gasteiger partial charge in [-0.15, -0.1) is 0 Å². The zero-order valence-corrected chi connectivity index (χ0v) is 68.1. The number of carbonyl (C=O) groups is 4. The number of allylic oxidation sites excluding steroid dienone is 24. The van der Waals surface area contributed by atoms with Gasteiger partial charge in [0.15, 0.2) is 12.2 Å². The van der Waals surface area contributed by atoms with Crippen LogP contribution in [0.1, 0.15) is 323 Å². The van der Waals surface area contributed by atoms with Gasteiger partial charge in [-0.1, -0.05) is 283 Å². The van der Waals surface area contributed by atoms with Crippen molar-refractivity contribution in [3.05, 3.63) is 146 Å². The summed E-state index contributed by atoms with van der Waals surface area (Å²) in [6.45, 7) is 4.57. The number of phosphoric acid groups is 2. The van der Waals surface area contributed by atoms with Crippen molar-refractivity contribution in [1.29, 1.82) is 0 Å². The molecule has 3 N–H and O–H groups in total. The molecule has 17 nitrogen and oxygen atoms in total. The fourth-order valence-corrected chi connectivity index (χ4v) is 12.1. The maximum atomic E-state index is 13.1. The monoisotopic (exact) mass is 1530 g/mol. The average molecular weight is 1530 g/mol. The Balaban J connectivity index is 5.47. The summed E-state index contributed by atoms with van der Waals surface area (Å²) >= 11 is 0. The molecule has 0 fully saturated rings. The Morgan fingerprint density at radius 3 is 0.811 bits per heavy atom. The maximum Gasteiger partial charge on any atom is 0.472 e. The minimum absolute atomic E-state index is 0.0304. The fraction of sp³-hybridized carbons (Fsp3) is 0.678. The molecular formula is C87H146O17P2. The Morgan fingerprint density at radius 1 is 0.274 bits per heavy atom. The van der Waals surface area contributed by atoms with Crippen molar-refractivity contribution >= 4 is 39.5 Å². The van der Waals surface area contributed by atoms with Crippen LogP contribution in [0.4, 0.5) is 0 Å². The molecule has 0 saturated carbocycles. The molecule has 0 aliphatic carbocycles. The summed E-state index contributed by atoms with van der Waals surface area (Å²) in [6, 6.07) is 0. The molecule has 0 spiro atoms. The van der Waals surface area contributed by atoms with Crippen LogP contribution in [0.5, 0.6) is 0 Å². The van der Waals surface area contributed by atoms with Crippen LogP contribution < -0.4 is 0 Å². The summed E-state index contributed by atoms with van der Waals surface area (Å²) in [5, 5.41) is 10.7. The van der Waals surface area contributed by atoms with E-state index in [-0.39, 0.29) is 25.7 Å². The van der Waals surface area contributed by atoms with Crippen LogP contribution in [0.3, 0.4) is 0 Å². The second kappa shape index (κ2) is 78.1. The van der Waals surface area contributed by atoms with E-state index in [1.165, 1.54) is 57.8 Å². The lowest BCUT2D eigenvalue weighted by molar-refractivity contribution is -0.161. The minimum Gasteiger partial charge on any atom is -0.462 e. The number of esters is 4. The lowest BCUT2D eigenvalue weighted by atomic mass is 10.1. The molecule has 106 heavy (non-hydrogen) atoms. The number of rotatable bonds is 76. The van der Waals surface area contributed by atoms with E-state index in [0.29, 0.717) is 32.1 Å². The van der Waals surface area contributed by atoms with E-state index in [4.69, 9.17) is 37.0 Å². The van der Waals surface area contributed by atoms with Crippen LogP contribution in [0.25, 0.3) is 0 Å². The standard InChI is InChI=1S/C87H146O17P2/c1-5-9-13-17-21-25-29-33-37-39-40-42-45-48-52-56-60-64-68-72-85(90)98-78-83(104-87(92)74-70-66-62-58-54-50-46-41-38-34-30-26-22-18-14-10-6-2)80-102-106(95,96)100-76-81(88)75-99-105(93,94)101-79-82(103-86(91)73-69-65-61-57-53-49-44-36-32-28-24-20-16-12-8-4)77-97-84(89)71-67-63-59-55-51-47-43-35-31-27-23-19-15-11-7-3/h9,13,21-28,33-38,40,42-44,48,52,60,64,81-83,88H,5-8,10-12,14-20,29-32,39,41,45-47,49-51,53-59,61-63,65-80H2,1-4H3,(H,93,94)(H,95,96)/b13-9-,25-21-,26-22-,27-23-,28-24-,37-33-,38-34-,42-40-,43-35-,44-36-,52-48-,64-60-/t81-,82-,83-/m1/s1. The molecule has 0 rings (SSSR count). The highest BCUT2D eigenvalue weighted by Gasteiger charge is 2.30. The highest BCUT2D eigenvalue weighted by molar-refractivity contribution is 7.47. The van der Waals surface area contributed by atoms with Crippen molar-refractivity contribution in [2.45, 2.75) is 341 Å². The lowest BCUT2D eigenvalue weighted by Gasteiger charge is -2.21. The quantitative estimate of drug-likeness (QED) is 0.0169.